The fraction of sp³-hybridized carbons (Fsp3) is 0.333. The van der Waals surface area contributed by atoms with Crippen molar-refractivity contribution in [2.24, 2.45) is 0 Å². The molecular formula is C30H32Cl2N2O2. The van der Waals surface area contributed by atoms with Crippen molar-refractivity contribution in [2.75, 3.05) is 0 Å². The molecule has 0 bridgehead atoms. The molecule has 2 amide bonds. The molecular weight excluding hydrogens is 491 g/mol. The van der Waals surface area contributed by atoms with Crippen LogP contribution in [0.2, 0.25) is 10.0 Å². The van der Waals surface area contributed by atoms with Gasteiger partial charge in [0.15, 0.2) is 0 Å². The van der Waals surface area contributed by atoms with Gasteiger partial charge >= 0.3 is 0 Å². The predicted octanol–water partition coefficient (Wildman–Crippen LogP) is 6.62. The summed E-state index contributed by atoms with van der Waals surface area (Å²) < 4.78 is 0. The molecule has 0 aliphatic heterocycles. The lowest BCUT2D eigenvalue weighted by molar-refractivity contribution is -0.141. The molecule has 1 fully saturated rings. The Hall–Kier alpha value is -2.82. The normalized spacial score (nSPS) is 14.4. The number of hydrogen-bond donors (Lipinski definition) is 1. The summed E-state index contributed by atoms with van der Waals surface area (Å²) in [6.07, 6.45) is 5.58. The number of carbonyl (C=O) groups excluding carboxylic acids is 2. The minimum atomic E-state index is -0.634. The van der Waals surface area contributed by atoms with Crippen LogP contribution in [-0.4, -0.2) is 28.8 Å². The van der Waals surface area contributed by atoms with E-state index < -0.39 is 6.04 Å². The average molecular weight is 524 g/mol. The van der Waals surface area contributed by atoms with E-state index in [1.807, 2.05) is 66.7 Å². The third kappa shape index (κ3) is 7.35. The number of nitrogens with zero attached hydrogens (tertiary/aromatic N) is 1. The molecule has 0 spiro atoms. The Labute approximate surface area is 223 Å². The van der Waals surface area contributed by atoms with E-state index in [1.54, 1.807) is 17.0 Å². The second kappa shape index (κ2) is 12.9. The van der Waals surface area contributed by atoms with Gasteiger partial charge in [0.25, 0.3) is 0 Å². The first kappa shape index (κ1) is 26.2. The lowest BCUT2D eigenvalue weighted by atomic mass is 10.0. The van der Waals surface area contributed by atoms with E-state index in [2.05, 4.69) is 5.32 Å². The third-order valence-electron chi connectivity index (χ3n) is 6.78. The third-order valence-corrected chi connectivity index (χ3v) is 7.52. The standard InChI is InChI=1S/C30H32Cl2N2O2/c31-26-17-15-24(19-27(26)32)21-34(29(35)18-16-22-9-3-1-4-10-22)28(20-23-11-5-2-6-12-23)30(36)33-25-13-7-8-14-25/h1-6,9-12,15,17,19,25,28H,7-8,13-14,16,18,20-21H2,(H,33,36)/t28-/m0/s1. The van der Waals surface area contributed by atoms with E-state index in [1.165, 1.54) is 0 Å². The fourth-order valence-electron chi connectivity index (χ4n) is 4.80. The number of carbonyl (C=O) groups is 2. The van der Waals surface area contributed by atoms with Crippen molar-refractivity contribution < 1.29 is 9.59 Å². The molecule has 6 heteroatoms. The van der Waals surface area contributed by atoms with Gasteiger partial charge in [-0.05, 0) is 48.1 Å². The Kier molecular flexibility index (Phi) is 9.43. The summed E-state index contributed by atoms with van der Waals surface area (Å²) in [5, 5.41) is 4.13. The van der Waals surface area contributed by atoms with Crippen LogP contribution in [0.4, 0.5) is 0 Å². The predicted molar refractivity (Wildman–Crippen MR) is 146 cm³/mol. The van der Waals surface area contributed by atoms with Gasteiger partial charge in [-0.15, -0.1) is 0 Å². The smallest absolute Gasteiger partial charge is 0.243 e. The molecule has 4 rings (SSSR count). The Bertz CT molecular complexity index is 1150. The summed E-state index contributed by atoms with van der Waals surface area (Å²) in [5.74, 6) is -0.161. The SMILES string of the molecule is O=C(NC1CCCC1)[C@H](Cc1ccccc1)N(Cc1ccc(Cl)c(Cl)c1)C(=O)CCc1ccccc1. The van der Waals surface area contributed by atoms with E-state index in [4.69, 9.17) is 23.2 Å². The van der Waals surface area contributed by atoms with Crippen LogP contribution in [0.25, 0.3) is 0 Å². The quantitative estimate of drug-likeness (QED) is 0.325. The first-order chi connectivity index (χ1) is 17.5. The maximum absolute atomic E-state index is 13.7. The molecule has 1 atom stereocenters. The summed E-state index contributed by atoms with van der Waals surface area (Å²) in [6, 6.07) is 24.7. The highest BCUT2D eigenvalue weighted by molar-refractivity contribution is 6.42. The van der Waals surface area contributed by atoms with E-state index in [0.717, 1.165) is 42.4 Å². The number of aryl methyl sites for hydroxylation is 1. The molecule has 0 aromatic heterocycles. The number of amides is 2. The Morgan fingerprint density at radius 2 is 1.47 bits per heavy atom. The minimum absolute atomic E-state index is 0.0626. The van der Waals surface area contributed by atoms with Crippen LogP contribution in [-0.2, 0) is 29.0 Å². The second-order valence-electron chi connectivity index (χ2n) is 9.45. The van der Waals surface area contributed by atoms with Crippen molar-refractivity contribution in [3.8, 4) is 0 Å². The molecule has 3 aromatic carbocycles. The van der Waals surface area contributed by atoms with Gasteiger partial charge in [0.05, 0.1) is 10.0 Å². The number of benzene rings is 3. The molecule has 4 nitrogen and oxygen atoms in total. The average Bonchev–Trinajstić information content (AvgIpc) is 3.41. The highest BCUT2D eigenvalue weighted by Crippen LogP contribution is 2.25. The molecule has 0 unspecified atom stereocenters. The minimum Gasteiger partial charge on any atom is -0.352 e. The molecule has 3 aromatic rings. The van der Waals surface area contributed by atoms with Crippen molar-refractivity contribution in [2.45, 2.75) is 63.6 Å². The lowest BCUT2D eigenvalue weighted by Gasteiger charge is -2.32. The number of rotatable bonds is 10. The van der Waals surface area contributed by atoms with Gasteiger partial charge in [0.1, 0.15) is 6.04 Å². The Morgan fingerprint density at radius 1 is 0.833 bits per heavy atom. The summed E-state index contributed by atoms with van der Waals surface area (Å²) in [7, 11) is 0. The summed E-state index contributed by atoms with van der Waals surface area (Å²) in [5.41, 5.74) is 2.94. The van der Waals surface area contributed by atoms with Gasteiger partial charge in [0, 0.05) is 25.4 Å². The Morgan fingerprint density at radius 3 is 2.11 bits per heavy atom. The van der Waals surface area contributed by atoms with Crippen LogP contribution in [0.15, 0.2) is 78.9 Å². The van der Waals surface area contributed by atoms with Crippen LogP contribution < -0.4 is 5.32 Å². The highest BCUT2D eigenvalue weighted by atomic mass is 35.5. The molecule has 1 N–H and O–H groups in total. The lowest BCUT2D eigenvalue weighted by Crippen LogP contribution is -2.52. The van der Waals surface area contributed by atoms with Gasteiger partial charge in [-0.3, -0.25) is 9.59 Å². The summed E-state index contributed by atoms with van der Waals surface area (Å²) >= 11 is 12.4. The van der Waals surface area contributed by atoms with Crippen molar-refractivity contribution >= 4 is 35.0 Å². The topological polar surface area (TPSA) is 49.4 Å². The van der Waals surface area contributed by atoms with Gasteiger partial charge < -0.3 is 10.2 Å². The van der Waals surface area contributed by atoms with Gasteiger partial charge in [-0.2, -0.15) is 0 Å². The zero-order valence-corrected chi connectivity index (χ0v) is 21.8. The van der Waals surface area contributed by atoms with Crippen molar-refractivity contribution in [3.05, 3.63) is 106 Å². The number of hydrogen-bond acceptors (Lipinski definition) is 2. The van der Waals surface area contributed by atoms with Gasteiger partial charge in [-0.25, -0.2) is 0 Å². The Balaban J connectivity index is 1.62. The zero-order chi connectivity index (χ0) is 25.3. The first-order valence-corrected chi connectivity index (χ1v) is 13.4. The van der Waals surface area contributed by atoms with Crippen LogP contribution in [0.1, 0.15) is 48.8 Å². The highest BCUT2D eigenvalue weighted by Gasteiger charge is 2.32. The van der Waals surface area contributed by atoms with E-state index >= 15 is 0 Å². The molecule has 0 heterocycles. The molecule has 188 valence electrons. The van der Waals surface area contributed by atoms with E-state index in [9.17, 15) is 9.59 Å². The van der Waals surface area contributed by atoms with Crippen molar-refractivity contribution in [1.29, 1.82) is 0 Å². The van der Waals surface area contributed by atoms with Crippen LogP contribution in [0.3, 0.4) is 0 Å². The van der Waals surface area contributed by atoms with Crippen molar-refractivity contribution in [1.82, 2.24) is 10.2 Å². The van der Waals surface area contributed by atoms with Crippen LogP contribution in [0.5, 0.6) is 0 Å². The van der Waals surface area contributed by atoms with Crippen molar-refractivity contribution in [3.63, 3.8) is 0 Å². The maximum Gasteiger partial charge on any atom is 0.243 e. The number of halogens is 2. The van der Waals surface area contributed by atoms with E-state index in [-0.39, 0.29) is 24.4 Å². The summed E-state index contributed by atoms with van der Waals surface area (Å²) in [6.45, 7) is 0.278. The summed E-state index contributed by atoms with van der Waals surface area (Å²) in [4.78, 5) is 29.1. The van der Waals surface area contributed by atoms with E-state index in [0.29, 0.717) is 29.3 Å². The van der Waals surface area contributed by atoms with Crippen LogP contribution >= 0.6 is 23.2 Å². The second-order valence-corrected chi connectivity index (χ2v) is 10.3. The number of nitrogens with one attached hydrogen (secondary N) is 1. The monoisotopic (exact) mass is 522 g/mol. The largest absolute Gasteiger partial charge is 0.352 e. The molecule has 0 saturated heterocycles. The molecule has 1 aliphatic carbocycles. The molecule has 1 saturated carbocycles. The molecule has 1 aliphatic rings. The molecule has 0 radical (unpaired) electrons. The fourth-order valence-corrected chi connectivity index (χ4v) is 5.12. The zero-order valence-electron chi connectivity index (χ0n) is 20.3. The molecule has 36 heavy (non-hydrogen) atoms. The maximum atomic E-state index is 13.7. The van der Waals surface area contributed by atoms with Crippen LogP contribution in [0, 0.1) is 0 Å². The first-order valence-electron chi connectivity index (χ1n) is 12.6. The van der Waals surface area contributed by atoms with Gasteiger partial charge in [-0.1, -0.05) is 103 Å². The van der Waals surface area contributed by atoms with Gasteiger partial charge in [0.2, 0.25) is 11.8 Å².